The molecule has 0 bridgehead atoms. The van der Waals surface area contributed by atoms with Crippen LogP contribution < -0.4 is 70.0 Å². The van der Waals surface area contributed by atoms with Gasteiger partial charge in [0.1, 0.15) is 78.3 Å². The summed E-state index contributed by atoms with van der Waals surface area (Å²) in [4.78, 5) is 226. The first kappa shape index (κ1) is 85.1. The topological polar surface area (TPSA) is 631 Å². The van der Waals surface area contributed by atoms with Gasteiger partial charge in [0.2, 0.25) is 76.8 Å². The van der Waals surface area contributed by atoms with Crippen molar-refractivity contribution < 1.29 is 112 Å². The Bertz CT molecular complexity index is 3280. The van der Waals surface area contributed by atoms with E-state index >= 15 is 0 Å². The number of carbonyl (C=O) groups is 16. The number of fused-ring (bicyclic) bond motifs is 1. The summed E-state index contributed by atoms with van der Waals surface area (Å²) in [5, 5.41) is 96.0. The molecule has 39 nitrogen and oxygen atoms in total. The standard InChI is InChI=1S/C60H88N16O23S3/c1-28(2)47-59(98)68-34(11-14-45(83)84)50(89)69-37(20-30-21-63-27-64-30)54(93)67-36(16-18-100-3)52(91)74-42(57(96)71-39(22-77)48(62)87)26-102-101-25-32(61)49(88)72-40(23-78)55(94)65-33(10-13-44(81)82)51(90)70-38(19-29-6-8-31(80)9-7-29)60(99)76-17-4-5-43(76)58(97)73-41(24-79)56(95)66-35(53(92)75-47)12-15-46(85)86/h6-9,21,27-28,32-43,47,77-80H,4-5,10-20,22-26,61H2,1-3H3,(H2,62,87)(H,63,64)(H,65,94)(H,66,95)(H,67,93)(H,68,98)(H,69,89)(H,70,90)(H,71,96)(H,72,88)(H,73,97)(H,74,91)(H,75,92)(H,81,82)(H,83,84)(H,85,86)/t32-,33-,34-,35-,36-,37-,38-,39-,40-,41-,42-,43-,47-/m0/s1. The van der Waals surface area contributed by atoms with E-state index < -0.39 is 250 Å². The molecule has 102 heavy (non-hydrogen) atoms. The molecular weight excluding hydrogens is 1410 g/mol. The van der Waals surface area contributed by atoms with E-state index in [1.54, 1.807) is 6.26 Å². The van der Waals surface area contributed by atoms with Crippen LogP contribution in [0.4, 0.5) is 0 Å². The van der Waals surface area contributed by atoms with Gasteiger partial charge in [-0.25, -0.2) is 4.98 Å². The second-order valence-electron chi connectivity index (χ2n) is 23.9. The number of aromatic nitrogens is 2. The number of aliphatic hydroxyl groups excluding tert-OH is 3. The van der Waals surface area contributed by atoms with Crippen LogP contribution in [0.1, 0.15) is 82.9 Å². The minimum atomic E-state index is -1.94. The van der Waals surface area contributed by atoms with E-state index in [0.29, 0.717) is 5.56 Å². The summed E-state index contributed by atoms with van der Waals surface area (Å²) >= 11 is 1.22. The summed E-state index contributed by atoms with van der Waals surface area (Å²) < 4.78 is 0. The smallest absolute Gasteiger partial charge is 0.303 e. The zero-order valence-electron chi connectivity index (χ0n) is 55.7. The van der Waals surface area contributed by atoms with Gasteiger partial charge in [0.25, 0.3) is 0 Å². The molecule has 0 spiro atoms. The summed E-state index contributed by atoms with van der Waals surface area (Å²) in [5.74, 6) is -20.8. The molecule has 4 rings (SSSR count). The number of thioether (sulfide) groups is 1. The number of primary amides is 1. The first-order chi connectivity index (χ1) is 48.3. The Morgan fingerprint density at radius 1 is 0.598 bits per heavy atom. The van der Waals surface area contributed by atoms with Gasteiger partial charge >= 0.3 is 17.9 Å². The number of benzene rings is 1. The first-order valence-corrected chi connectivity index (χ1v) is 35.9. The lowest BCUT2D eigenvalue weighted by Crippen LogP contribution is -2.62. The van der Waals surface area contributed by atoms with Crippen molar-refractivity contribution in [3.63, 3.8) is 0 Å². The van der Waals surface area contributed by atoms with E-state index in [2.05, 4.69) is 68.5 Å². The van der Waals surface area contributed by atoms with E-state index in [1.165, 1.54) is 62.4 Å². The lowest BCUT2D eigenvalue weighted by Gasteiger charge is -2.31. The zero-order chi connectivity index (χ0) is 75.9. The monoisotopic (exact) mass is 1500 g/mol. The summed E-state index contributed by atoms with van der Waals surface area (Å²) in [6, 6.07) is -16.9. The third kappa shape index (κ3) is 27.9. The number of amides is 13. The third-order valence-electron chi connectivity index (χ3n) is 15.8. The van der Waals surface area contributed by atoms with Gasteiger partial charge in [-0.05, 0) is 74.1 Å². The number of H-pyrrole nitrogens is 1. The number of phenolic OH excluding ortho intramolecular Hbond substituents is 1. The van der Waals surface area contributed by atoms with Gasteiger partial charge in [-0.1, -0.05) is 47.6 Å². The zero-order valence-corrected chi connectivity index (χ0v) is 58.2. The molecular formula is C60H88N16O23S3. The normalized spacial score (nSPS) is 25.3. The number of carboxylic acids is 3. The molecule has 1 aromatic carbocycles. The van der Waals surface area contributed by atoms with Gasteiger partial charge in [-0.3, -0.25) is 76.7 Å². The molecule has 3 heterocycles. The fourth-order valence-corrected chi connectivity index (χ4v) is 12.9. The first-order valence-electron chi connectivity index (χ1n) is 32.0. The number of nitrogens with zero attached hydrogens (tertiary/aromatic N) is 2. The van der Waals surface area contributed by atoms with Crippen molar-refractivity contribution in [3.8, 4) is 5.75 Å². The highest BCUT2D eigenvalue weighted by Gasteiger charge is 2.42. The maximum Gasteiger partial charge on any atom is 0.303 e. The molecule has 0 radical (unpaired) electrons. The quantitative estimate of drug-likeness (QED) is 0.0460. The molecule has 2 aromatic rings. The largest absolute Gasteiger partial charge is 0.508 e. The average Bonchev–Trinajstić information content (AvgIpc) is 1.60. The number of imidazole rings is 1. The van der Waals surface area contributed by atoms with Gasteiger partial charge < -0.3 is 116 Å². The number of phenols is 1. The van der Waals surface area contributed by atoms with E-state index in [-0.39, 0.29) is 55.2 Å². The molecule has 1 aromatic heterocycles. The molecule has 2 saturated heterocycles. The van der Waals surface area contributed by atoms with Crippen LogP contribution in [0, 0.1) is 5.92 Å². The van der Waals surface area contributed by atoms with E-state index in [9.17, 15) is 112 Å². The minimum absolute atomic E-state index is 0.0872. The molecule has 564 valence electrons. The molecule has 23 N–H and O–H groups in total. The molecule has 13 amide bonds. The van der Waals surface area contributed by atoms with Crippen LogP contribution in [0.5, 0.6) is 5.75 Å². The van der Waals surface area contributed by atoms with Gasteiger partial charge in [0, 0.05) is 62.0 Å². The Hall–Kier alpha value is -9.36. The number of aliphatic hydroxyl groups is 3. The number of nitrogens with one attached hydrogen (secondary N) is 12. The Balaban J connectivity index is 1.84. The highest BCUT2D eigenvalue weighted by molar-refractivity contribution is 8.76. The molecule has 13 atom stereocenters. The number of rotatable bonds is 23. The Labute approximate surface area is 595 Å². The fourth-order valence-electron chi connectivity index (χ4n) is 10.1. The van der Waals surface area contributed by atoms with Crippen molar-refractivity contribution in [2.24, 2.45) is 17.4 Å². The van der Waals surface area contributed by atoms with E-state index in [1.807, 2.05) is 0 Å². The minimum Gasteiger partial charge on any atom is -0.508 e. The predicted octanol–water partition coefficient (Wildman–Crippen LogP) is -7.59. The summed E-state index contributed by atoms with van der Waals surface area (Å²) in [5.41, 5.74) is 12.1. The van der Waals surface area contributed by atoms with Gasteiger partial charge in [0.05, 0.1) is 32.2 Å². The number of aromatic hydroxyl groups is 1. The summed E-state index contributed by atoms with van der Waals surface area (Å²) in [6.07, 6.45) is -1.06. The molecule has 0 aliphatic carbocycles. The van der Waals surface area contributed by atoms with Crippen molar-refractivity contribution in [2.45, 2.75) is 163 Å². The molecule has 2 aliphatic heterocycles. The third-order valence-corrected chi connectivity index (χ3v) is 18.9. The SMILES string of the molecule is CSCC[C@@H]1NC(=O)[C@H](Cc2cnc[nH]2)NC(=O)[C@H](CCC(=O)O)NC(=O)[C@H](C(C)C)NC(=O)[C@H](CCC(=O)O)NC(=O)[C@H](CO)NC(=O)[C@@H]2CCCN2C(=O)[C@H](Cc2ccc(O)cc2)NC(=O)[C@H](CCC(=O)O)NC(=O)[C@H](CO)NC(=O)[C@@H](N)CSSC[C@@H](C(=O)N[C@@H](CO)C(N)=O)NC1=O. The van der Waals surface area contributed by atoms with Crippen LogP contribution in [0.25, 0.3) is 0 Å². The number of aliphatic carboxylic acids is 3. The van der Waals surface area contributed by atoms with Crippen molar-refractivity contribution in [1.29, 1.82) is 0 Å². The number of carbonyl (C=O) groups excluding carboxylic acids is 13. The summed E-state index contributed by atoms with van der Waals surface area (Å²) in [6.45, 7) is -0.609. The van der Waals surface area contributed by atoms with E-state index in [4.69, 9.17) is 11.5 Å². The van der Waals surface area contributed by atoms with Crippen LogP contribution >= 0.6 is 33.3 Å². The van der Waals surface area contributed by atoms with Gasteiger partial charge in [-0.2, -0.15) is 11.8 Å². The second-order valence-corrected chi connectivity index (χ2v) is 27.4. The number of carboxylic acid groups (broad SMARTS) is 3. The highest BCUT2D eigenvalue weighted by Crippen LogP contribution is 2.24. The number of aromatic amines is 1. The predicted molar refractivity (Wildman–Crippen MR) is 362 cm³/mol. The Kier molecular flexibility index (Phi) is 35.7. The van der Waals surface area contributed by atoms with Crippen LogP contribution in [0.3, 0.4) is 0 Å². The molecule has 0 unspecified atom stereocenters. The maximum absolute atomic E-state index is 14.8. The van der Waals surface area contributed by atoms with Crippen LogP contribution in [-0.2, 0) is 89.6 Å². The van der Waals surface area contributed by atoms with Crippen molar-refractivity contribution in [2.75, 3.05) is 49.9 Å². The fraction of sp³-hybridized carbons (Fsp3) is 0.583. The summed E-state index contributed by atoms with van der Waals surface area (Å²) in [7, 11) is 1.65. The van der Waals surface area contributed by atoms with Gasteiger partial charge in [0.15, 0.2) is 0 Å². The number of hydrogen-bond donors (Lipinski definition) is 21. The van der Waals surface area contributed by atoms with Crippen LogP contribution in [0.15, 0.2) is 36.8 Å². The lowest BCUT2D eigenvalue weighted by molar-refractivity contribution is -0.143. The van der Waals surface area contributed by atoms with Crippen molar-refractivity contribution in [3.05, 3.63) is 48.0 Å². The van der Waals surface area contributed by atoms with Crippen molar-refractivity contribution >= 4 is 128 Å². The molecule has 2 aliphatic rings. The van der Waals surface area contributed by atoms with Crippen molar-refractivity contribution in [1.82, 2.24) is 73.4 Å². The molecule has 2 fully saturated rings. The molecule has 0 saturated carbocycles. The van der Waals surface area contributed by atoms with E-state index in [0.717, 1.165) is 26.5 Å². The van der Waals surface area contributed by atoms with Crippen LogP contribution in [0.2, 0.25) is 0 Å². The molecule has 42 heteroatoms. The Morgan fingerprint density at radius 2 is 1.06 bits per heavy atom. The Morgan fingerprint density at radius 3 is 1.55 bits per heavy atom. The van der Waals surface area contributed by atoms with Gasteiger partial charge in [-0.15, -0.1) is 0 Å². The lowest BCUT2D eigenvalue weighted by atomic mass is 10.0. The average molecular weight is 1500 g/mol. The highest BCUT2D eigenvalue weighted by atomic mass is 33.1. The number of hydrogen-bond acceptors (Lipinski definition) is 25. The maximum atomic E-state index is 14.8. The van der Waals surface area contributed by atoms with Crippen LogP contribution in [-0.4, -0.2) is 274 Å². The second kappa shape index (κ2) is 42.8. The number of nitrogens with two attached hydrogens (primary N) is 2.